The number of hydrogen-bond acceptors (Lipinski definition) is 1. The minimum Gasteiger partial charge on any atom is -0.226 e. The van der Waals surface area contributed by atoms with Crippen LogP contribution in [0.15, 0.2) is 60.7 Å². The van der Waals surface area contributed by atoms with E-state index in [-0.39, 0.29) is 0 Å². The van der Waals surface area contributed by atoms with Crippen molar-refractivity contribution in [3.05, 3.63) is 60.7 Å². The second-order valence-electron chi connectivity index (χ2n) is 6.39. The molecule has 2 heteroatoms. The minimum atomic E-state index is -1.10. The lowest BCUT2D eigenvalue weighted by molar-refractivity contribution is 0.159. The van der Waals surface area contributed by atoms with Gasteiger partial charge in [0.25, 0.3) is 0 Å². The van der Waals surface area contributed by atoms with E-state index in [1.54, 1.807) is 0 Å². The first-order chi connectivity index (χ1) is 10.4. The number of rotatable bonds is 4. The van der Waals surface area contributed by atoms with E-state index in [4.69, 9.17) is 4.52 Å². The molecule has 2 bridgehead atoms. The first-order valence-electron chi connectivity index (χ1n) is 8.04. The Morgan fingerprint density at radius 2 is 1.38 bits per heavy atom. The molecular formula is C19H22OP+. The molecule has 0 amide bonds. The van der Waals surface area contributed by atoms with Crippen LogP contribution in [0.5, 0.6) is 0 Å². The highest BCUT2D eigenvalue weighted by atomic mass is 31.1. The molecule has 21 heavy (non-hydrogen) atoms. The summed E-state index contributed by atoms with van der Waals surface area (Å²) in [7, 11) is -1.10. The lowest BCUT2D eigenvalue weighted by Gasteiger charge is -2.22. The molecule has 1 nitrogen and oxygen atoms in total. The standard InChI is InChI=1S/C19H21OP/c1-3-7-17(8-4-1)21(18-9-5-2-6-10-18)20-19-14-15-11-12-16(19)13-15/h1-10,15-16,19H,11-14H2/p+1. The maximum atomic E-state index is 6.72. The van der Waals surface area contributed by atoms with Crippen LogP contribution in [0.3, 0.4) is 0 Å². The van der Waals surface area contributed by atoms with Crippen LogP contribution in [-0.2, 0) is 4.52 Å². The van der Waals surface area contributed by atoms with Crippen molar-refractivity contribution >= 4 is 18.8 Å². The fraction of sp³-hybridized carbons (Fsp3) is 0.368. The van der Waals surface area contributed by atoms with Gasteiger partial charge in [-0.05, 0) is 61.8 Å². The summed E-state index contributed by atoms with van der Waals surface area (Å²) >= 11 is 0. The summed E-state index contributed by atoms with van der Waals surface area (Å²) in [5.74, 6) is 1.76. The third-order valence-electron chi connectivity index (χ3n) is 5.01. The molecular weight excluding hydrogens is 275 g/mol. The summed E-state index contributed by atoms with van der Waals surface area (Å²) < 4.78 is 6.72. The Morgan fingerprint density at radius 3 is 1.86 bits per heavy atom. The van der Waals surface area contributed by atoms with Gasteiger partial charge < -0.3 is 0 Å². The molecule has 0 saturated heterocycles. The highest BCUT2D eigenvalue weighted by molar-refractivity contribution is 7.68. The zero-order valence-corrected chi connectivity index (χ0v) is 13.2. The molecule has 0 heterocycles. The van der Waals surface area contributed by atoms with Crippen LogP contribution in [0.4, 0.5) is 0 Å². The number of benzene rings is 2. The number of hydrogen-bond donors (Lipinski definition) is 0. The molecule has 2 aliphatic rings. The van der Waals surface area contributed by atoms with E-state index in [1.165, 1.54) is 36.3 Å². The predicted octanol–water partition coefficient (Wildman–Crippen LogP) is 3.97. The van der Waals surface area contributed by atoms with Gasteiger partial charge in [0.1, 0.15) is 16.7 Å². The van der Waals surface area contributed by atoms with Crippen molar-refractivity contribution in [2.24, 2.45) is 11.8 Å². The van der Waals surface area contributed by atoms with Gasteiger partial charge >= 0.3 is 0 Å². The average Bonchev–Trinajstić information content (AvgIpc) is 3.17. The van der Waals surface area contributed by atoms with E-state index in [2.05, 4.69) is 60.7 Å². The third-order valence-corrected chi connectivity index (χ3v) is 7.27. The van der Waals surface area contributed by atoms with E-state index in [9.17, 15) is 0 Å². The van der Waals surface area contributed by atoms with Gasteiger partial charge in [-0.25, -0.2) is 4.52 Å². The van der Waals surface area contributed by atoms with Crippen LogP contribution in [0.1, 0.15) is 25.7 Å². The van der Waals surface area contributed by atoms with Crippen LogP contribution in [0, 0.1) is 11.8 Å². The van der Waals surface area contributed by atoms with Crippen molar-refractivity contribution in [3.8, 4) is 0 Å². The maximum Gasteiger partial charge on any atom is 0.198 e. The van der Waals surface area contributed by atoms with Gasteiger partial charge in [-0.3, -0.25) is 0 Å². The summed E-state index contributed by atoms with van der Waals surface area (Å²) in [5.41, 5.74) is 0. The smallest absolute Gasteiger partial charge is 0.198 e. The van der Waals surface area contributed by atoms with Crippen LogP contribution in [-0.4, -0.2) is 6.10 Å². The molecule has 3 unspecified atom stereocenters. The molecule has 0 spiro atoms. The van der Waals surface area contributed by atoms with Crippen molar-refractivity contribution in [1.82, 2.24) is 0 Å². The van der Waals surface area contributed by atoms with Gasteiger partial charge in [0.15, 0.2) is 8.15 Å². The Balaban J connectivity index is 1.61. The Labute approximate surface area is 128 Å². The van der Waals surface area contributed by atoms with Crippen LogP contribution in [0.25, 0.3) is 0 Å². The van der Waals surface area contributed by atoms with Crippen molar-refractivity contribution in [1.29, 1.82) is 0 Å². The van der Waals surface area contributed by atoms with E-state index < -0.39 is 8.15 Å². The predicted molar refractivity (Wildman–Crippen MR) is 90.8 cm³/mol. The molecule has 2 aromatic rings. The normalized spacial score (nSPS) is 27.4. The Morgan fingerprint density at radius 1 is 0.762 bits per heavy atom. The molecule has 2 aromatic carbocycles. The molecule has 2 fully saturated rings. The average molecular weight is 297 g/mol. The van der Waals surface area contributed by atoms with Gasteiger partial charge in [0, 0.05) is 0 Å². The molecule has 0 aromatic heterocycles. The van der Waals surface area contributed by atoms with Gasteiger partial charge in [0.2, 0.25) is 0 Å². The molecule has 0 N–H and O–H groups in total. The molecule has 2 aliphatic carbocycles. The van der Waals surface area contributed by atoms with Crippen molar-refractivity contribution in [3.63, 3.8) is 0 Å². The van der Waals surface area contributed by atoms with Gasteiger partial charge in [-0.15, -0.1) is 0 Å². The molecule has 0 radical (unpaired) electrons. The summed E-state index contributed by atoms with van der Waals surface area (Å²) in [4.78, 5) is 0. The highest BCUT2D eigenvalue weighted by Gasteiger charge is 2.44. The first-order valence-corrected chi connectivity index (χ1v) is 9.45. The van der Waals surface area contributed by atoms with Gasteiger partial charge in [-0.2, -0.15) is 0 Å². The number of fused-ring (bicyclic) bond motifs is 2. The molecule has 108 valence electrons. The zero-order valence-electron chi connectivity index (χ0n) is 12.2. The lowest BCUT2D eigenvalue weighted by atomic mass is 9.98. The van der Waals surface area contributed by atoms with Crippen LogP contribution in [0.2, 0.25) is 0 Å². The second-order valence-corrected chi connectivity index (χ2v) is 8.44. The highest BCUT2D eigenvalue weighted by Crippen LogP contribution is 2.50. The van der Waals surface area contributed by atoms with Crippen molar-refractivity contribution in [2.45, 2.75) is 31.8 Å². The van der Waals surface area contributed by atoms with E-state index in [0.717, 1.165) is 11.8 Å². The Hall–Kier alpha value is -1.17. The van der Waals surface area contributed by atoms with E-state index >= 15 is 0 Å². The summed E-state index contributed by atoms with van der Waals surface area (Å²) in [6.45, 7) is 0. The fourth-order valence-corrected chi connectivity index (χ4v) is 6.15. The monoisotopic (exact) mass is 297 g/mol. The zero-order chi connectivity index (χ0) is 14.1. The van der Waals surface area contributed by atoms with Crippen LogP contribution < -0.4 is 10.6 Å². The Bertz CT molecular complexity index is 544. The quantitative estimate of drug-likeness (QED) is 0.776. The summed E-state index contributed by atoms with van der Waals surface area (Å²) in [6.07, 6.45) is 6.01. The summed E-state index contributed by atoms with van der Waals surface area (Å²) in [6, 6.07) is 21.6. The molecule has 2 saturated carbocycles. The molecule has 4 rings (SSSR count). The first kappa shape index (κ1) is 13.5. The second kappa shape index (κ2) is 5.91. The van der Waals surface area contributed by atoms with Gasteiger partial charge in [-0.1, -0.05) is 36.4 Å². The SMILES string of the molecule is c1ccc([PH+](OC2CC3CCC2C3)c2ccccc2)cc1. The summed E-state index contributed by atoms with van der Waals surface area (Å²) in [5, 5.41) is 2.74. The van der Waals surface area contributed by atoms with Crippen molar-refractivity contribution < 1.29 is 4.52 Å². The van der Waals surface area contributed by atoms with E-state index in [0.29, 0.717) is 6.10 Å². The minimum absolute atomic E-state index is 0.498. The third kappa shape index (κ3) is 2.78. The van der Waals surface area contributed by atoms with Gasteiger partial charge in [0.05, 0.1) is 0 Å². The fourth-order valence-electron chi connectivity index (χ4n) is 3.96. The molecule has 0 aliphatic heterocycles. The largest absolute Gasteiger partial charge is 0.226 e. The van der Waals surface area contributed by atoms with Crippen molar-refractivity contribution in [2.75, 3.05) is 0 Å². The lowest BCUT2D eigenvalue weighted by Crippen LogP contribution is -2.23. The maximum absolute atomic E-state index is 6.72. The topological polar surface area (TPSA) is 9.23 Å². The van der Waals surface area contributed by atoms with E-state index in [1.807, 2.05) is 0 Å². The van der Waals surface area contributed by atoms with Crippen LogP contribution >= 0.6 is 8.15 Å². The molecule has 3 atom stereocenters. The Kier molecular flexibility index (Phi) is 3.80.